The van der Waals surface area contributed by atoms with E-state index in [1.165, 1.54) is 16.8 Å². The third kappa shape index (κ3) is 1.93. The number of allylic oxidation sites excluding steroid dienone is 2. The molecule has 0 aliphatic heterocycles. The van der Waals surface area contributed by atoms with Gasteiger partial charge in [0.2, 0.25) is 0 Å². The number of pyridine rings is 1. The molecule has 2 N–H and O–H groups in total. The lowest BCUT2D eigenvalue weighted by molar-refractivity contribution is 0.816. The van der Waals surface area contributed by atoms with Crippen LogP contribution in [0.2, 0.25) is 0 Å². The maximum Gasteiger partial charge on any atom is 0.0695 e. The number of anilines is 1. The highest BCUT2D eigenvalue weighted by Gasteiger charge is 2.12. The van der Waals surface area contributed by atoms with Crippen LogP contribution in [-0.2, 0) is 6.54 Å². The fourth-order valence-corrected chi connectivity index (χ4v) is 2.15. The Labute approximate surface area is 102 Å². The van der Waals surface area contributed by atoms with Gasteiger partial charge < -0.3 is 10.3 Å². The monoisotopic (exact) mass is 229 g/mol. The molecule has 0 aromatic carbocycles. The van der Waals surface area contributed by atoms with Crippen molar-refractivity contribution in [2.24, 2.45) is 0 Å². The molecule has 2 heterocycles. The third-order valence-corrected chi connectivity index (χ3v) is 3.25. The average Bonchev–Trinajstić information content (AvgIpc) is 2.51. The van der Waals surface area contributed by atoms with Gasteiger partial charge in [0, 0.05) is 17.6 Å². The minimum absolute atomic E-state index is 0.763. The molecule has 0 radical (unpaired) electrons. The van der Waals surface area contributed by atoms with E-state index in [0.29, 0.717) is 0 Å². The van der Waals surface area contributed by atoms with Gasteiger partial charge in [-0.25, -0.2) is 0 Å². The fourth-order valence-electron chi connectivity index (χ4n) is 2.15. The van der Waals surface area contributed by atoms with Gasteiger partial charge in [0.1, 0.15) is 0 Å². The van der Waals surface area contributed by atoms with Gasteiger partial charge in [-0.3, -0.25) is 4.98 Å². The van der Waals surface area contributed by atoms with Gasteiger partial charge in [-0.15, -0.1) is 0 Å². The second kappa shape index (κ2) is 4.24. The fraction of sp³-hybridized carbons (Fsp3) is 0.357. The van der Waals surface area contributed by atoms with Gasteiger partial charge in [0.05, 0.1) is 23.6 Å². The zero-order valence-corrected chi connectivity index (χ0v) is 10.9. The lowest BCUT2D eigenvalue weighted by atomic mass is 10.2. The third-order valence-electron chi connectivity index (χ3n) is 3.25. The first-order chi connectivity index (χ1) is 8.02. The van der Waals surface area contributed by atoms with E-state index in [-0.39, 0.29) is 0 Å². The molecular formula is C14H19N3. The molecule has 0 saturated carbocycles. The van der Waals surface area contributed by atoms with E-state index < -0.39 is 0 Å². The van der Waals surface area contributed by atoms with Crippen molar-refractivity contribution in [3.05, 3.63) is 35.3 Å². The molecule has 2 rings (SSSR count). The van der Waals surface area contributed by atoms with Crippen LogP contribution >= 0.6 is 0 Å². The van der Waals surface area contributed by atoms with E-state index in [1.54, 1.807) is 6.20 Å². The average molecular weight is 229 g/mol. The number of nitrogen functional groups attached to an aromatic ring is 1. The minimum atomic E-state index is 0.763. The van der Waals surface area contributed by atoms with Crippen LogP contribution in [0.5, 0.6) is 0 Å². The highest BCUT2D eigenvalue weighted by atomic mass is 15.0. The van der Waals surface area contributed by atoms with Crippen LogP contribution in [0.1, 0.15) is 25.1 Å². The molecule has 2 aromatic heterocycles. The summed E-state index contributed by atoms with van der Waals surface area (Å²) < 4.78 is 2.26. The Morgan fingerprint density at radius 3 is 2.71 bits per heavy atom. The van der Waals surface area contributed by atoms with Crippen molar-refractivity contribution in [1.29, 1.82) is 0 Å². The summed E-state index contributed by atoms with van der Waals surface area (Å²) in [6.45, 7) is 9.35. The van der Waals surface area contributed by atoms with Crippen molar-refractivity contribution in [3.8, 4) is 0 Å². The maximum absolute atomic E-state index is 6.00. The Balaban J connectivity index is 2.67. The predicted octanol–water partition coefficient (Wildman–Crippen LogP) is 3.20. The smallest absolute Gasteiger partial charge is 0.0695 e. The summed E-state index contributed by atoms with van der Waals surface area (Å²) in [5, 5.41) is 1.14. The Kier molecular flexibility index (Phi) is 2.92. The molecule has 3 nitrogen and oxygen atoms in total. The number of hydrogen-bond donors (Lipinski definition) is 1. The number of aromatic nitrogens is 2. The first-order valence-corrected chi connectivity index (χ1v) is 5.84. The van der Waals surface area contributed by atoms with E-state index in [9.17, 15) is 0 Å². The Hall–Kier alpha value is -1.77. The van der Waals surface area contributed by atoms with Crippen molar-refractivity contribution in [2.75, 3.05) is 5.73 Å². The summed E-state index contributed by atoms with van der Waals surface area (Å²) in [4.78, 5) is 4.19. The van der Waals surface area contributed by atoms with Crippen LogP contribution in [0.15, 0.2) is 24.0 Å². The summed E-state index contributed by atoms with van der Waals surface area (Å²) in [7, 11) is 0. The van der Waals surface area contributed by atoms with E-state index in [0.717, 1.165) is 23.1 Å². The van der Waals surface area contributed by atoms with Crippen molar-refractivity contribution in [2.45, 2.75) is 34.2 Å². The van der Waals surface area contributed by atoms with E-state index in [1.807, 2.05) is 6.20 Å². The normalized spacial score (nSPS) is 10.8. The van der Waals surface area contributed by atoms with Crippen LogP contribution in [0, 0.1) is 13.8 Å². The van der Waals surface area contributed by atoms with Gasteiger partial charge in [0.25, 0.3) is 0 Å². The lowest BCUT2D eigenvalue weighted by Gasteiger charge is -2.05. The zero-order chi connectivity index (χ0) is 12.6. The molecule has 0 aliphatic carbocycles. The van der Waals surface area contributed by atoms with Crippen LogP contribution in [0.4, 0.5) is 5.69 Å². The molecule has 0 bridgehead atoms. The number of nitrogens with zero attached hydrogens (tertiary/aromatic N) is 2. The summed E-state index contributed by atoms with van der Waals surface area (Å²) in [5.41, 5.74) is 11.7. The highest BCUT2D eigenvalue weighted by molar-refractivity contribution is 5.94. The zero-order valence-electron chi connectivity index (χ0n) is 10.9. The molecule has 90 valence electrons. The van der Waals surface area contributed by atoms with Gasteiger partial charge in [-0.05, 0) is 33.3 Å². The van der Waals surface area contributed by atoms with Gasteiger partial charge in [-0.1, -0.05) is 11.6 Å². The predicted molar refractivity (Wildman–Crippen MR) is 73.1 cm³/mol. The SMILES string of the molecule is CC(C)=CCn1c(C)c(C)c2c(N)cncc21. The van der Waals surface area contributed by atoms with Crippen LogP contribution in [-0.4, -0.2) is 9.55 Å². The van der Waals surface area contributed by atoms with Crippen molar-refractivity contribution in [3.63, 3.8) is 0 Å². The van der Waals surface area contributed by atoms with Crippen molar-refractivity contribution >= 4 is 16.6 Å². The molecule has 0 atom stereocenters. The molecule has 0 aliphatic rings. The highest BCUT2D eigenvalue weighted by Crippen LogP contribution is 2.28. The first kappa shape index (κ1) is 11.7. The summed E-state index contributed by atoms with van der Waals surface area (Å²) in [6, 6.07) is 0. The summed E-state index contributed by atoms with van der Waals surface area (Å²) >= 11 is 0. The molecule has 0 amide bonds. The second-order valence-electron chi connectivity index (χ2n) is 4.73. The number of aryl methyl sites for hydroxylation is 1. The van der Waals surface area contributed by atoms with E-state index in [4.69, 9.17) is 5.73 Å². The molecular weight excluding hydrogens is 210 g/mol. The van der Waals surface area contributed by atoms with Gasteiger partial charge in [-0.2, -0.15) is 0 Å². The second-order valence-corrected chi connectivity index (χ2v) is 4.73. The molecule has 0 spiro atoms. The quantitative estimate of drug-likeness (QED) is 0.804. The Morgan fingerprint density at radius 1 is 1.35 bits per heavy atom. The Morgan fingerprint density at radius 2 is 2.06 bits per heavy atom. The van der Waals surface area contributed by atoms with Gasteiger partial charge in [0.15, 0.2) is 0 Å². The number of fused-ring (bicyclic) bond motifs is 1. The topological polar surface area (TPSA) is 43.8 Å². The van der Waals surface area contributed by atoms with Crippen LogP contribution in [0.25, 0.3) is 10.9 Å². The minimum Gasteiger partial charge on any atom is -0.397 e. The largest absolute Gasteiger partial charge is 0.397 e. The molecule has 2 aromatic rings. The number of nitrogens with two attached hydrogens (primary N) is 1. The standard InChI is InChI=1S/C14H19N3/c1-9(2)5-6-17-11(4)10(3)14-12(15)7-16-8-13(14)17/h5,7-8H,6,15H2,1-4H3. The molecule has 0 fully saturated rings. The molecule has 0 unspecified atom stereocenters. The molecule has 0 saturated heterocycles. The lowest BCUT2D eigenvalue weighted by Crippen LogP contribution is -1.98. The number of rotatable bonds is 2. The van der Waals surface area contributed by atoms with E-state index in [2.05, 4.69) is 43.3 Å². The summed E-state index contributed by atoms with van der Waals surface area (Å²) in [6.07, 6.45) is 5.83. The van der Waals surface area contributed by atoms with Crippen LogP contribution < -0.4 is 5.73 Å². The van der Waals surface area contributed by atoms with Crippen LogP contribution in [0.3, 0.4) is 0 Å². The van der Waals surface area contributed by atoms with Crippen molar-refractivity contribution < 1.29 is 0 Å². The molecule has 17 heavy (non-hydrogen) atoms. The summed E-state index contributed by atoms with van der Waals surface area (Å²) in [5.74, 6) is 0. The first-order valence-electron chi connectivity index (χ1n) is 5.84. The Bertz CT molecular complexity index is 587. The van der Waals surface area contributed by atoms with Crippen molar-refractivity contribution in [1.82, 2.24) is 9.55 Å². The molecule has 3 heteroatoms. The maximum atomic E-state index is 6.00. The number of hydrogen-bond acceptors (Lipinski definition) is 2. The van der Waals surface area contributed by atoms with E-state index >= 15 is 0 Å². The van der Waals surface area contributed by atoms with Gasteiger partial charge >= 0.3 is 0 Å².